The van der Waals surface area contributed by atoms with Crippen LogP contribution in [0.2, 0.25) is 0 Å². The van der Waals surface area contributed by atoms with Crippen molar-refractivity contribution in [2.45, 2.75) is 6.92 Å². The third-order valence-electron chi connectivity index (χ3n) is 5.13. The third kappa shape index (κ3) is 3.55. The number of para-hydroxylation sites is 1. The molecule has 150 valence electrons. The summed E-state index contributed by atoms with van der Waals surface area (Å²) in [5.74, 6) is 0. The van der Waals surface area contributed by atoms with Crippen molar-refractivity contribution in [1.29, 1.82) is 0 Å². The molecule has 0 unspecified atom stereocenters. The zero-order valence-corrected chi connectivity index (χ0v) is 16.9. The summed E-state index contributed by atoms with van der Waals surface area (Å²) in [4.78, 5) is 16.9. The lowest BCUT2D eigenvalue weighted by Crippen LogP contribution is -2.15. The second-order valence-corrected chi connectivity index (χ2v) is 7.18. The van der Waals surface area contributed by atoms with Crippen LogP contribution in [0.15, 0.2) is 102 Å². The molecule has 5 aromatic rings. The molecule has 0 saturated carbocycles. The van der Waals surface area contributed by atoms with Crippen molar-refractivity contribution in [1.82, 2.24) is 24.5 Å². The van der Waals surface area contributed by atoms with E-state index in [1.165, 1.54) is 0 Å². The summed E-state index contributed by atoms with van der Waals surface area (Å²) in [6.45, 7) is 2.03. The lowest BCUT2D eigenvalue weighted by molar-refractivity contribution is 0.818. The molecule has 0 bridgehead atoms. The zero-order chi connectivity index (χ0) is 21.2. The molecule has 3 heterocycles. The van der Waals surface area contributed by atoms with Crippen LogP contribution < -0.4 is 5.43 Å². The van der Waals surface area contributed by atoms with Gasteiger partial charge in [0.15, 0.2) is 5.69 Å². The number of hydrogen-bond acceptors (Lipinski definition) is 4. The summed E-state index contributed by atoms with van der Waals surface area (Å²) in [6.07, 6.45) is 6.97. The molecule has 0 fully saturated rings. The molecule has 0 aliphatic heterocycles. The van der Waals surface area contributed by atoms with Crippen LogP contribution in [0.1, 0.15) is 5.56 Å². The summed E-state index contributed by atoms with van der Waals surface area (Å²) in [5, 5.41) is 9.06. The summed E-state index contributed by atoms with van der Waals surface area (Å²) >= 11 is 0. The fourth-order valence-electron chi connectivity index (χ4n) is 3.60. The van der Waals surface area contributed by atoms with Gasteiger partial charge in [0.2, 0.25) is 5.43 Å². The summed E-state index contributed by atoms with van der Waals surface area (Å²) in [7, 11) is 0. The molecule has 6 heteroatoms. The number of aryl methyl sites for hydroxylation is 1. The first-order chi connectivity index (χ1) is 15.2. The topological polar surface area (TPSA) is 65.6 Å². The Morgan fingerprint density at radius 2 is 1.71 bits per heavy atom. The Morgan fingerprint density at radius 3 is 2.48 bits per heavy atom. The first-order valence-electron chi connectivity index (χ1n) is 9.92. The van der Waals surface area contributed by atoms with E-state index in [4.69, 9.17) is 0 Å². The Hall–Kier alpha value is -4.32. The number of aromatic nitrogens is 5. The highest BCUT2D eigenvalue weighted by Gasteiger charge is 2.14. The molecular weight excluding hydrogens is 386 g/mol. The molecule has 0 radical (unpaired) electrons. The van der Waals surface area contributed by atoms with Gasteiger partial charge in [-0.2, -0.15) is 10.2 Å². The highest BCUT2D eigenvalue weighted by Crippen LogP contribution is 2.24. The van der Waals surface area contributed by atoms with Crippen molar-refractivity contribution in [2.24, 2.45) is 0 Å². The summed E-state index contributed by atoms with van der Waals surface area (Å²) in [6, 6.07) is 23.1. The van der Waals surface area contributed by atoms with Crippen molar-refractivity contribution >= 4 is 0 Å². The second-order valence-electron chi connectivity index (χ2n) is 7.18. The molecule has 0 aliphatic carbocycles. The predicted octanol–water partition coefficient (Wildman–Crippen LogP) is 4.46. The van der Waals surface area contributed by atoms with Crippen LogP contribution in [0.4, 0.5) is 0 Å². The van der Waals surface area contributed by atoms with E-state index in [2.05, 4.69) is 21.2 Å². The van der Waals surface area contributed by atoms with E-state index in [0.29, 0.717) is 11.4 Å². The fourth-order valence-corrected chi connectivity index (χ4v) is 3.60. The Kier molecular flexibility index (Phi) is 4.72. The maximum atomic E-state index is 12.7. The van der Waals surface area contributed by atoms with Crippen molar-refractivity contribution in [3.8, 4) is 33.9 Å². The zero-order valence-electron chi connectivity index (χ0n) is 16.9. The molecular formula is C25H19N5O. The van der Waals surface area contributed by atoms with E-state index in [1.807, 2.05) is 67.7 Å². The summed E-state index contributed by atoms with van der Waals surface area (Å²) in [5.41, 5.74) is 5.79. The van der Waals surface area contributed by atoms with Crippen LogP contribution in [0, 0.1) is 6.92 Å². The van der Waals surface area contributed by atoms with E-state index < -0.39 is 0 Å². The van der Waals surface area contributed by atoms with Gasteiger partial charge in [0.05, 0.1) is 23.3 Å². The van der Waals surface area contributed by atoms with Crippen molar-refractivity contribution < 1.29 is 0 Å². The Morgan fingerprint density at radius 1 is 0.839 bits per heavy atom. The minimum atomic E-state index is -0.154. The van der Waals surface area contributed by atoms with Crippen LogP contribution in [0.3, 0.4) is 0 Å². The number of nitrogens with zero attached hydrogens (tertiary/aromatic N) is 5. The fraction of sp³-hybridized carbons (Fsp3) is 0.0400. The number of benzene rings is 2. The molecule has 0 aliphatic rings. The predicted molar refractivity (Wildman–Crippen MR) is 120 cm³/mol. The van der Waals surface area contributed by atoms with Crippen LogP contribution in [0.5, 0.6) is 0 Å². The first kappa shape index (κ1) is 18.7. The average Bonchev–Trinajstić information content (AvgIpc) is 3.30. The molecule has 5 rings (SSSR count). The molecule has 0 spiro atoms. The maximum absolute atomic E-state index is 12.7. The Labute approximate surface area is 179 Å². The van der Waals surface area contributed by atoms with E-state index in [9.17, 15) is 4.79 Å². The van der Waals surface area contributed by atoms with Crippen LogP contribution >= 0.6 is 0 Å². The maximum Gasteiger partial charge on any atom is 0.209 e. The van der Waals surface area contributed by atoms with Gasteiger partial charge in [-0.1, -0.05) is 30.3 Å². The SMILES string of the molecule is Cc1cc(-c2cccnc2)ccc1-n1ccc(=O)c(-c2ccnn2-c2ccccc2)n1. The van der Waals surface area contributed by atoms with Gasteiger partial charge in [0.1, 0.15) is 0 Å². The quantitative estimate of drug-likeness (QED) is 0.443. The minimum absolute atomic E-state index is 0.154. The van der Waals surface area contributed by atoms with Gasteiger partial charge in [-0.3, -0.25) is 9.78 Å². The minimum Gasteiger partial charge on any atom is -0.287 e. The molecule has 0 atom stereocenters. The smallest absolute Gasteiger partial charge is 0.209 e. The normalized spacial score (nSPS) is 10.9. The molecule has 31 heavy (non-hydrogen) atoms. The lowest BCUT2D eigenvalue weighted by atomic mass is 10.0. The average molecular weight is 405 g/mol. The number of pyridine rings is 1. The molecule has 0 N–H and O–H groups in total. The first-order valence-corrected chi connectivity index (χ1v) is 9.92. The van der Waals surface area contributed by atoms with Gasteiger partial charge in [-0.05, 0) is 60.0 Å². The van der Waals surface area contributed by atoms with Crippen molar-refractivity contribution in [3.05, 3.63) is 113 Å². The van der Waals surface area contributed by atoms with E-state index in [0.717, 1.165) is 28.1 Å². The van der Waals surface area contributed by atoms with Crippen molar-refractivity contribution in [3.63, 3.8) is 0 Å². The molecule has 6 nitrogen and oxygen atoms in total. The largest absolute Gasteiger partial charge is 0.287 e. The van der Waals surface area contributed by atoms with Crippen LogP contribution in [0.25, 0.3) is 33.9 Å². The van der Waals surface area contributed by atoms with Crippen molar-refractivity contribution in [2.75, 3.05) is 0 Å². The molecule has 0 saturated heterocycles. The van der Waals surface area contributed by atoms with Gasteiger partial charge in [0.25, 0.3) is 0 Å². The van der Waals surface area contributed by atoms with E-state index in [1.54, 1.807) is 40.1 Å². The van der Waals surface area contributed by atoms with Gasteiger partial charge in [-0.15, -0.1) is 0 Å². The summed E-state index contributed by atoms with van der Waals surface area (Å²) < 4.78 is 3.47. The van der Waals surface area contributed by atoms with Gasteiger partial charge in [-0.25, -0.2) is 9.36 Å². The van der Waals surface area contributed by atoms with Crippen LogP contribution in [-0.4, -0.2) is 24.5 Å². The molecule has 0 amide bonds. The molecule has 3 aromatic heterocycles. The highest BCUT2D eigenvalue weighted by molar-refractivity contribution is 5.65. The lowest BCUT2D eigenvalue weighted by Gasteiger charge is -2.13. The monoisotopic (exact) mass is 405 g/mol. The van der Waals surface area contributed by atoms with E-state index >= 15 is 0 Å². The highest BCUT2D eigenvalue weighted by atomic mass is 16.1. The number of hydrogen-bond donors (Lipinski definition) is 0. The van der Waals surface area contributed by atoms with Crippen LogP contribution in [-0.2, 0) is 0 Å². The van der Waals surface area contributed by atoms with Gasteiger partial charge in [0, 0.05) is 24.7 Å². The Bertz CT molecular complexity index is 1410. The van der Waals surface area contributed by atoms with E-state index in [-0.39, 0.29) is 5.43 Å². The third-order valence-corrected chi connectivity index (χ3v) is 5.13. The molecule has 2 aromatic carbocycles. The van der Waals surface area contributed by atoms with Gasteiger partial charge >= 0.3 is 0 Å². The second kappa shape index (κ2) is 7.84. The number of rotatable bonds is 4. The standard InChI is InChI=1S/C25H19N5O/c1-18-16-19(20-6-5-13-26-17-20)9-10-22(18)29-15-12-24(31)25(28-29)23-11-14-27-30(23)21-7-3-2-4-8-21/h2-17H,1H3. The van der Waals surface area contributed by atoms with Gasteiger partial charge < -0.3 is 0 Å². The Balaban J connectivity index is 1.58.